The van der Waals surface area contributed by atoms with E-state index in [1.807, 2.05) is 25.1 Å². The van der Waals surface area contributed by atoms with E-state index in [1.165, 1.54) is 17.7 Å². The number of hydrogen-bond donors (Lipinski definition) is 2. The molecule has 0 spiro atoms. The molecule has 138 valence electrons. The fourth-order valence-electron chi connectivity index (χ4n) is 2.90. The van der Waals surface area contributed by atoms with E-state index in [0.717, 1.165) is 30.0 Å². The first-order chi connectivity index (χ1) is 12.4. The normalized spacial score (nSPS) is 12.9. The zero-order valence-corrected chi connectivity index (χ0v) is 14.9. The number of carboxylic acid groups (broad SMARTS) is 1. The van der Waals surface area contributed by atoms with E-state index in [9.17, 15) is 13.6 Å². The third kappa shape index (κ3) is 4.55. The molecule has 2 aromatic rings. The first-order valence-electron chi connectivity index (χ1n) is 8.63. The number of carbonyl (C=O) groups is 1. The average Bonchev–Trinajstić information content (AvgIpc) is 2.62. The van der Waals surface area contributed by atoms with E-state index < -0.39 is 23.6 Å². The lowest BCUT2D eigenvalue weighted by Gasteiger charge is -2.14. The first kappa shape index (κ1) is 19.8. The Balaban J connectivity index is 2.56. The van der Waals surface area contributed by atoms with Crippen LogP contribution >= 0.6 is 0 Å². The standard InChI is InChI=1S/C21H23F2NO2/c1-3-13-5-6-15(11-14(13)4-2)17(9-10-20(24)21(25)26)18-8-7-16(22)12-19(18)23/h5-9,11-12,20H,3-4,10,24H2,1-2H3,(H,25,26)/b17-9+/t20-/m0/s1. The molecule has 0 aromatic heterocycles. The van der Waals surface area contributed by atoms with Crippen LogP contribution in [0.15, 0.2) is 42.5 Å². The number of hydrogen-bond acceptors (Lipinski definition) is 2. The van der Waals surface area contributed by atoms with Crippen molar-refractivity contribution in [3.05, 3.63) is 76.4 Å². The van der Waals surface area contributed by atoms with Crippen LogP contribution in [0, 0.1) is 11.6 Å². The SMILES string of the molecule is CCc1ccc(/C(=C\C[C@H](N)C(=O)O)c2ccc(F)cc2F)cc1CC. The van der Waals surface area contributed by atoms with Gasteiger partial charge in [-0.2, -0.15) is 0 Å². The summed E-state index contributed by atoms with van der Waals surface area (Å²) in [5.41, 5.74) is 9.41. The Hall–Kier alpha value is -2.53. The molecule has 0 aliphatic heterocycles. The summed E-state index contributed by atoms with van der Waals surface area (Å²) in [6.45, 7) is 4.11. The zero-order chi connectivity index (χ0) is 19.3. The maximum atomic E-state index is 14.4. The quantitative estimate of drug-likeness (QED) is 0.774. The molecule has 0 bridgehead atoms. The number of benzene rings is 2. The predicted molar refractivity (Wildman–Crippen MR) is 98.9 cm³/mol. The molecule has 0 radical (unpaired) electrons. The van der Waals surface area contributed by atoms with E-state index in [-0.39, 0.29) is 12.0 Å². The number of rotatable bonds is 7. The first-order valence-corrected chi connectivity index (χ1v) is 8.63. The molecule has 3 N–H and O–H groups in total. The minimum Gasteiger partial charge on any atom is -0.480 e. The van der Waals surface area contributed by atoms with Crippen molar-refractivity contribution >= 4 is 11.5 Å². The smallest absolute Gasteiger partial charge is 0.320 e. The highest BCUT2D eigenvalue weighted by Gasteiger charge is 2.15. The van der Waals surface area contributed by atoms with Crippen molar-refractivity contribution in [3.8, 4) is 0 Å². The summed E-state index contributed by atoms with van der Waals surface area (Å²) in [6.07, 6.45) is 3.36. The van der Waals surface area contributed by atoms with E-state index in [2.05, 4.69) is 6.92 Å². The Morgan fingerprint density at radius 3 is 2.38 bits per heavy atom. The van der Waals surface area contributed by atoms with Crippen LogP contribution in [0.1, 0.15) is 42.5 Å². The van der Waals surface area contributed by atoms with Crippen molar-refractivity contribution in [1.82, 2.24) is 0 Å². The van der Waals surface area contributed by atoms with E-state index in [1.54, 1.807) is 6.08 Å². The lowest BCUT2D eigenvalue weighted by Crippen LogP contribution is -2.29. The van der Waals surface area contributed by atoms with Crippen molar-refractivity contribution in [2.24, 2.45) is 5.73 Å². The maximum Gasteiger partial charge on any atom is 0.320 e. The van der Waals surface area contributed by atoms with Crippen molar-refractivity contribution in [2.75, 3.05) is 0 Å². The van der Waals surface area contributed by atoms with Crippen molar-refractivity contribution in [2.45, 2.75) is 39.2 Å². The van der Waals surface area contributed by atoms with Gasteiger partial charge in [-0.25, -0.2) is 8.78 Å². The molecule has 1 atom stereocenters. The van der Waals surface area contributed by atoms with E-state index in [4.69, 9.17) is 10.8 Å². The summed E-state index contributed by atoms with van der Waals surface area (Å²) < 4.78 is 27.7. The highest BCUT2D eigenvalue weighted by Crippen LogP contribution is 2.29. The minimum absolute atomic E-state index is 0.0401. The fourth-order valence-corrected chi connectivity index (χ4v) is 2.90. The third-order valence-corrected chi connectivity index (χ3v) is 4.39. The second kappa shape index (κ2) is 8.72. The van der Waals surface area contributed by atoms with Crippen LogP contribution in [0.2, 0.25) is 0 Å². The van der Waals surface area contributed by atoms with Crippen molar-refractivity contribution < 1.29 is 18.7 Å². The summed E-state index contributed by atoms with van der Waals surface area (Å²) in [5, 5.41) is 9.00. The molecule has 2 rings (SSSR count). The number of carboxylic acids is 1. The van der Waals surface area contributed by atoms with Crippen molar-refractivity contribution in [3.63, 3.8) is 0 Å². The topological polar surface area (TPSA) is 63.3 Å². The Bertz CT molecular complexity index is 831. The molecule has 26 heavy (non-hydrogen) atoms. The van der Waals surface area contributed by atoms with Crippen LogP contribution in [-0.4, -0.2) is 17.1 Å². The van der Waals surface area contributed by atoms with Gasteiger partial charge in [-0.15, -0.1) is 0 Å². The van der Waals surface area contributed by atoms with Crippen LogP contribution < -0.4 is 5.73 Å². The molecule has 2 aromatic carbocycles. The molecule has 0 heterocycles. The lowest BCUT2D eigenvalue weighted by atomic mass is 9.91. The summed E-state index contributed by atoms with van der Waals surface area (Å²) in [6, 6.07) is 8.11. The van der Waals surface area contributed by atoms with E-state index >= 15 is 0 Å². The third-order valence-electron chi connectivity index (χ3n) is 4.39. The Labute approximate surface area is 152 Å². The second-order valence-corrected chi connectivity index (χ2v) is 6.11. The summed E-state index contributed by atoms with van der Waals surface area (Å²) in [5.74, 6) is -2.49. The summed E-state index contributed by atoms with van der Waals surface area (Å²) >= 11 is 0. The van der Waals surface area contributed by atoms with Crippen LogP contribution in [0.4, 0.5) is 8.78 Å². The Morgan fingerprint density at radius 2 is 1.81 bits per heavy atom. The molecule has 0 fully saturated rings. The summed E-state index contributed by atoms with van der Waals surface area (Å²) in [7, 11) is 0. The van der Waals surface area contributed by atoms with Gasteiger partial charge in [0.2, 0.25) is 0 Å². The molecule has 3 nitrogen and oxygen atoms in total. The van der Waals surface area contributed by atoms with E-state index in [0.29, 0.717) is 5.57 Å². The highest BCUT2D eigenvalue weighted by atomic mass is 19.1. The molecule has 5 heteroatoms. The van der Waals surface area contributed by atoms with Crippen LogP contribution in [0.3, 0.4) is 0 Å². The molecule has 0 saturated carbocycles. The van der Waals surface area contributed by atoms with Gasteiger partial charge in [-0.3, -0.25) is 4.79 Å². The molecule has 0 saturated heterocycles. The number of halogens is 2. The Morgan fingerprint density at radius 1 is 1.12 bits per heavy atom. The molecule has 0 unspecified atom stereocenters. The van der Waals surface area contributed by atoms with Gasteiger partial charge in [0.15, 0.2) is 0 Å². The fraction of sp³-hybridized carbons (Fsp3) is 0.286. The molecular formula is C21H23F2NO2. The van der Waals surface area contributed by atoms with Gasteiger partial charge in [-0.1, -0.05) is 38.1 Å². The van der Waals surface area contributed by atoms with Gasteiger partial charge in [0, 0.05) is 11.6 Å². The lowest BCUT2D eigenvalue weighted by molar-refractivity contribution is -0.138. The molecule has 0 aliphatic rings. The molecule has 0 amide bonds. The minimum atomic E-state index is -1.13. The van der Waals surface area contributed by atoms with Gasteiger partial charge in [0.05, 0.1) is 0 Å². The highest BCUT2D eigenvalue weighted by molar-refractivity contribution is 5.81. The monoisotopic (exact) mass is 359 g/mol. The van der Waals surface area contributed by atoms with Crippen molar-refractivity contribution in [1.29, 1.82) is 0 Å². The predicted octanol–water partition coefficient (Wildman–Crippen LogP) is 4.32. The van der Waals surface area contributed by atoms with Gasteiger partial charge in [-0.05, 0) is 53.7 Å². The number of aliphatic carboxylic acids is 1. The second-order valence-electron chi connectivity index (χ2n) is 6.11. The average molecular weight is 359 g/mol. The Kier molecular flexibility index (Phi) is 6.64. The van der Waals surface area contributed by atoms with Gasteiger partial charge in [0.1, 0.15) is 17.7 Å². The number of aryl methyl sites for hydroxylation is 2. The molecular weight excluding hydrogens is 336 g/mol. The van der Waals surface area contributed by atoms with Crippen LogP contribution in [-0.2, 0) is 17.6 Å². The van der Waals surface area contributed by atoms with Gasteiger partial charge in [0.25, 0.3) is 0 Å². The van der Waals surface area contributed by atoms with Gasteiger partial charge >= 0.3 is 5.97 Å². The summed E-state index contributed by atoms with van der Waals surface area (Å²) in [4.78, 5) is 11.0. The van der Waals surface area contributed by atoms with Crippen LogP contribution in [0.25, 0.3) is 5.57 Å². The number of nitrogens with two attached hydrogens (primary N) is 1. The van der Waals surface area contributed by atoms with Crippen LogP contribution in [0.5, 0.6) is 0 Å². The zero-order valence-electron chi connectivity index (χ0n) is 14.9. The maximum absolute atomic E-state index is 14.4. The molecule has 0 aliphatic carbocycles. The largest absolute Gasteiger partial charge is 0.480 e. The van der Waals surface area contributed by atoms with Gasteiger partial charge < -0.3 is 10.8 Å².